The van der Waals surface area contributed by atoms with E-state index < -0.39 is 6.03 Å². The van der Waals surface area contributed by atoms with Gasteiger partial charge in [0.1, 0.15) is 5.75 Å². The Kier molecular flexibility index (Phi) is 5.02. The van der Waals surface area contributed by atoms with Gasteiger partial charge in [-0.1, -0.05) is 12.1 Å². The minimum atomic E-state index is -0.482. The van der Waals surface area contributed by atoms with E-state index in [1.54, 1.807) is 18.2 Å². The van der Waals surface area contributed by atoms with E-state index in [1.165, 1.54) is 0 Å². The number of hydrazine groups is 1. The highest BCUT2D eigenvalue weighted by atomic mass is 32.1. The monoisotopic (exact) mass is 254 g/mol. The molecule has 1 rings (SSSR count). The highest BCUT2D eigenvalue weighted by molar-refractivity contribution is 7.80. The number of amides is 2. The van der Waals surface area contributed by atoms with E-state index in [0.29, 0.717) is 18.0 Å². The molecule has 0 aliphatic heterocycles. The Morgan fingerprint density at radius 3 is 2.76 bits per heavy atom. The number of urea groups is 1. The molecule has 0 spiro atoms. The first-order valence-corrected chi connectivity index (χ1v) is 5.38. The molecule has 0 saturated carbocycles. The van der Waals surface area contributed by atoms with E-state index >= 15 is 0 Å². The van der Waals surface area contributed by atoms with Crippen LogP contribution in [0.4, 0.5) is 10.5 Å². The normalized spacial score (nSPS) is 9.24. The van der Waals surface area contributed by atoms with Crippen molar-refractivity contribution >= 4 is 29.0 Å². The van der Waals surface area contributed by atoms with Gasteiger partial charge in [-0.25, -0.2) is 10.2 Å². The Hall–Kier alpha value is -2.02. The maximum atomic E-state index is 11.4. The third-order valence-electron chi connectivity index (χ3n) is 1.73. The van der Waals surface area contributed by atoms with E-state index in [9.17, 15) is 4.79 Å². The second-order valence-electron chi connectivity index (χ2n) is 3.00. The summed E-state index contributed by atoms with van der Waals surface area (Å²) in [5.41, 5.74) is 10.3. The average molecular weight is 254 g/mol. The van der Waals surface area contributed by atoms with Crippen LogP contribution >= 0.6 is 12.2 Å². The van der Waals surface area contributed by atoms with Crippen molar-refractivity contribution in [2.24, 2.45) is 5.73 Å². The van der Waals surface area contributed by atoms with Crippen molar-refractivity contribution < 1.29 is 9.53 Å². The fourth-order valence-electron chi connectivity index (χ4n) is 1.12. The van der Waals surface area contributed by atoms with Gasteiger partial charge in [0.25, 0.3) is 0 Å². The predicted octanol–water partition coefficient (Wildman–Crippen LogP) is 0.955. The molecule has 92 valence electrons. The van der Waals surface area contributed by atoms with Crippen LogP contribution in [0.15, 0.2) is 24.3 Å². The number of carbonyl (C=O) groups excluding carboxylic acids is 1. The summed E-state index contributed by atoms with van der Waals surface area (Å²) in [5.74, 6) is 0.598. The van der Waals surface area contributed by atoms with Crippen molar-refractivity contribution in [2.75, 3.05) is 11.9 Å². The van der Waals surface area contributed by atoms with Gasteiger partial charge in [0, 0.05) is 0 Å². The molecule has 1 aromatic rings. The van der Waals surface area contributed by atoms with Crippen molar-refractivity contribution in [1.82, 2.24) is 10.9 Å². The van der Waals surface area contributed by atoms with Crippen LogP contribution < -0.4 is 26.6 Å². The number of rotatable bonds is 3. The van der Waals surface area contributed by atoms with E-state index in [0.717, 1.165) is 0 Å². The van der Waals surface area contributed by atoms with Gasteiger partial charge in [0.15, 0.2) is 5.11 Å². The smallest absolute Gasteiger partial charge is 0.338 e. The number of hydrogen-bond donors (Lipinski definition) is 4. The molecule has 0 heterocycles. The number of thiocarbonyl (C=S) groups is 1. The Bertz CT molecular complexity index is 411. The number of benzene rings is 1. The molecule has 0 radical (unpaired) electrons. The Labute approximate surface area is 104 Å². The lowest BCUT2D eigenvalue weighted by Gasteiger charge is -2.12. The fraction of sp³-hybridized carbons (Fsp3) is 0.200. The lowest BCUT2D eigenvalue weighted by molar-refractivity contribution is 0.250. The SMILES string of the molecule is CCOc1ccccc1NC(=O)NNC(N)=S. The summed E-state index contributed by atoms with van der Waals surface area (Å²) in [4.78, 5) is 11.4. The van der Waals surface area contributed by atoms with Crippen molar-refractivity contribution in [3.05, 3.63) is 24.3 Å². The largest absolute Gasteiger partial charge is 0.492 e. The molecule has 0 fully saturated rings. The molecular weight excluding hydrogens is 240 g/mol. The van der Waals surface area contributed by atoms with E-state index in [1.807, 2.05) is 13.0 Å². The van der Waals surface area contributed by atoms with Crippen molar-refractivity contribution in [1.29, 1.82) is 0 Å². The van der Waals surface area contributed by atoms with Gasteiger partial charge in [-0.05, 0) is 31.3 Å². The Morgan fingerprint density at radius 2 is 2.12 bits per heavy atom. The lowest BCUT2D eigenvalue weighted by atomic mass is 10.3. The lowest BCUT2D eigenvalue weighted by Crippen LogP contribution is -2.46. The predicted molar refractivity (Wildman–Crippen MR) is 69.7 cm³/mol. The zero-order chi connectivity index (χ0) is 12.7. The molecule has 2 amide bonds. The van der Waals surface area contributed by atoms with Crippen LogP contribution in [0.3, 0.4) is 0 Å². The van der Waals surface area contributed by atoms with Crippen molar-refractivity contribution in [3.8, 4) is 5.75 Å². The van der Waals surface area contributed by atoms with Gasteiger partial charge in [-0.3, -0.25) is 5.43 Å². The van der Waals surface area contributed by atoms with Crippen LogP contribution in [0.2, 0.25) is 0 Å². The average Bonchev–Trinajstić information content (AvgIpc) is 2.29. The van der Waals surface area contributed by atoms with Crippen LogP contribution in [0.5, 0.6) is 5.75 Å². The van der Waals surface area contributed by atoms with Gasteiger partial charge >= 0.3 is 6.03 Å². The van der Waals surface area contributed by atoms with Gasteiger partial charge in [-0.15, -0.1) is 0 Å². The van der Waals surface area contributed by atoms with E-state index in [-0.39, 0.29) is 5.11 Å². The molecule has 0 aliphatic rings. The number of nitrogens with two attached hydrogens (primary N) is 1. The van der Waals surface area contributed by atoms with Crippen LogP contribution in [0, 0.1) is 0 Å². The third kappa shape index (κ3) is 4.56. The quantitative estimate of drug-likeness (QED) is 0.476. The van der Waals surface area contributed by atoms with Gasteiger partial charge in [0.2, 0.25) is 0 Å². The number of nitrogens with one attached hydrogen (secondary N) is 3. The molecule has 6 nitrogen and oxygen atoms in total. The second-order valence-corrected chi connectivity index (χ2v) is 3.44. The first kappa shape index (κ1) is 13.0. The van der Waals surface area contributed by atoms with Gasteiger partial charge < -0.3 is 15.8 Å². The maximum absolute atomic E-state index is 11.4. The highest BCUT2D eigenvalue weighted by Gasteiger charge is 2.06. The summed E-state index contributed by atoms with van der Waals surface area (Å²) in [6, 6.07) is 6.62. The zero-order valence-electron chi connectivity index (χ0n) is 9.32. The van der Waals surface area contributed by atoms with E-state index in [2.05, 4.69) is 28.4 Å². The summed E-state index contributed by atoms with van der Waals surface area (Å²) >= 11 is 4.55. The summed E-state index contributed by atoms with van der Waals surface area (Å²) in [5, 5.41) is 2.58. The fourth-order valence-corrected chi connectivity index (χ4v) is 1.17. The minimum Gasteiger partial charge on any atom is -0.492 e. The Morgan fingerprint density at radius 1 is 1.41 bits per heavy atom. The number of para-hydroxylation sites is 2. The molecule has 5 N–H and O–H groups in total. The second kappa shape index (κ2) is 6.54. The van der Waals surface area contributed by atoms with Crippen LogP contribution in [0.1, 0.15) is 6.92 Å². The van der Waals surface area contributed by atoms with E-state index in [4.69, 9.17) is 10.5 Å². The van der Waals surface area contributed by atoms with Gasteiger partial charge in [-0.2, -0.15) is 0 Å². The van der Waals surface area contributed by atoms with Crippen LogP contribution in [-0.2, 0) is 0 Å². The number of hydrogen-bond acceptors (Lipinski definition) is 3. The minimum absolute atomic E-state index is 0.0155. The maximum Gasteiger partial charge on any atom is 0.338 e. The molecule has 0 atom stereocenters. The number of anilines is 1. The first-order valence-electron chi connectivity index (χ1n) is 4.97. The standard InChI is InChI=1S/C10H14N4O2S/c1-2-16-8-6-4-3-5-7(8)12-10(15)14-13-9(11)17/h3-6H,2H2,1H3,(H3,11,13,17)(H2,12,14,15). The third-order valence-corrected chi connectivity index (χ3v) is 1.84. The summed E-state index contributed by atoms with van der Waals surface area (Å²) in [7, 11) is 0. The molecule has 7 heteroatoms. The Balaban J connectivity index is 2.61. The molecule has 0 unspecified atom stereocenters. The van der Waals surface area contributed by atoms with Gasteiger partial charge in [0.05, 0.1) is 12.3 Å². The molecule has 0 bridgehead atoms. The topological polar surface area (TPSA) is 88.4 Å². The highest BCUT2D eigenvalue weighted by Crippen LogP contribution is 2.23. The number of ether oxygens (including phenoxy) is 1. The molecule has 0 saturated heterocycles. The molecule has 1 aromatic carbocycles. The molecular formula is C10H14N4O2S. The van der Waals surface area contributed by atoms with Crippen LogP contribution in [-0.4, -0.2) is 17.8 Å². The van der Waals surface area contributed by atoms with Crippen molar-refractivity contribution in [3.63, 3.8) is 0 Å². The zero-order valence-corrected chi connectivity index (χ0v) is 10.1. The summed E-state index contributed by atoms with van der Waals surface area (Å²) in [6.07, 6.45) is 0. The first-order chi connectivity index (χ1) is 8.13. The number of carbonyl (C=O) groups is 1. The summed E-state index contributed by atoms with van der Waals surface area (Å²) < 4.78 is 5.35. The molecule has 17 heavy (non-hydrogen) atoms. The molecule has 0 aliphatic carbocycles. The van der Waals surface area contributed by atoms with Crippen molar-refractivity contribution in [2.45, 2.75) is 6.92 Å². The summed E-state index contributed by atoms with van der Waals surface area (Å²) in [6.45, 7) is 2.39. The van der Waals surface area contributed by atoms with Crippen LogP contribution in [0.25, 0.3) is 0 Å². The molecule has 0 aromatic heterocycles.